The fourth-order valence-electron chi connectivity index (χ4n) is 3.15. The van der Waals surface area contributed by atoms with E-state index in [9.17, 15) is 5.26 Å². The Kier molecular flexibility index (Phi) is 3.57. The van der Waals surface area contributed by atoms with Crippen molar-refractivity contribution >= 4 is 33.7 Å². The van der Waals surface area contributed by atoms with E-state index in [-0.39, 0.29) is 0 Å². The Bertz CT molecular complexity index is 1060. The second-order valence-electron chi connectivity index (χ2n) is 5.76. The third-order valence-electron chi connectivity index (χ3n) is 4.32. The summed E-state index contributed by atoms with van der Waals surface area (Å²) in [5.41, 5.74) is 2.83. The smallest absolute Gasteiger partial charge is 0.0997 e. The van der Waals surface area contributed by atoms with E-state index in [0.29, 0.717) is 5.56 Å². The summed E-state index contributed by atoms with van der Waals surface area (Å²) in [6.07, 6.45) is 4.16. The highest BCUT2D eigenvalue weighted by Gasteiger charge is 2.05. The lowest BCUT2D eigenvalue weighted by molar-refractivity contribution is 1.47. The average molecular weight is 305 g/mol. The Balaban J connectivity index is 1.97. The van der Waals surface area contributed by atoms with Gasteiger partial charge < -0.3 is 0 Å². The van der Waals surface area contributed by atoms with Crippen molar-refractivity contribution < 1.29 is 0 Å². The van der Waals surface area contributed by atoms with Gasteiger partial charge in [0, 0.05) is 0 Å². The Labute approximate surface area is 141 Å². The third kappa shape index (κ3) is 2.45. The molecule has 1 heteroatoms. The number of hydrogen-bond acceptors (Lipinski definition) is 1. The number of nitriles is 1. The molecule has 4 aromatic carbocycles. The molecule has 0 aliphatic carbocycles. The number of benzene rings is 4. The molecule has 4 rings (SSSR count). The maximum atomic E-state index is 9.28. The van der Waals surface area contributed by atoms with Crippen molar-refractivity contribution in [2.75, 3.05) is 0 Å². The van der Waals surface area contributed by atoms with Crippen molar-refractivity contribution in [2.24, 2.45) is 0 Å². The van der Waals surface area contributed by atoms with Crippen LogP contribution >= 0.6 is 0 Å². The number of nitrogens with zero attached hydrogens (tertiary/aromatic N) is 1. The van der Waals surface area contributed by atoms with Crippen LogP contribution in [0.2, 0.25) is 0 Å². The van der Waals surface area contributed by atoms with Gasteiger partial charge in [0.25, 0.3) is 0 Å². The van der Waals surface area contributed by atoms with Gasteiger partial charge >= 0.3 is 0 Å². The van der Waals surface area contributed by atoms with Gasteiger partial charge in [0.2, 0.25) is 0 Å². The largest absolute Gasteiger partial charge is 0.192 e. The highest BCUT2D eigenvalue weighted by Crippen LogP contribution is 2.30. The van der Waals surface area contributed by atoms with Crippen molar-refractivity contribution in [3.05, 3.63) is 95.6 Å². The van der Waals surface area contributed by atoms with Gasteiger partial charge in [0.1, 0.15) is 0 Å². The molecule has 1 nitrogen and oxygen atoms in total. The highest BCUT2D eigenvalue weighted by molar-refractivity contribution is 6.07. The summed E-state index contributed by atoms with van der Waals surface area (Å²) in [6.45, 7) is 0. The first kappa shape index (κ1) is 14.2. The van der Waals surface area contributed by atoms with Crippen LogP contribution in [-0.2, 0) is 0 Å². The fourth-order valence-corrected chi connectivity index (χ4v) is 3.15. The van der Waals surface area contributed by atoms with Gasteiger partial charge in [-0.1, -0.05) is 78.9 Å². The van der Waals surface area contributed by atoms with Crippen LogP contribution in [0, 0.1) is 11.3 Å². The van der Waals surface area contributed by atoms with Gasteiger partial charge in [-0.05, 0) is 44.8 Å². The third-order valence-corrected chi connectivity index (χ3v) is 4.32. The van der Waals surface area contributed by atoms with Crippen LogP contribution in [0.15, 0.2) is 78.9 Å². The molecular formula is C23H15N. The maximum Gasteiger partial charge on any atom is 0.0997 e. The van der Waals surface area contributed by atoms with Crippen molar-refractivity contribution in [3.8, 4) is 6.07 Å². The van der Waals surface area contributed by atoms with E-state index in [1.165, 1.54) is 27.1 Å². The van der Waals surface area contributed by atoms with Gasteiger partial charge in [0.05, 0.1) is 11.6 Å². The molecule has 0 amide bonds. The minimum absolute atomic E-state index is 0.693. The van der Waals surface area contributed by atoms with Crippen molar-refractivity contribution in [1.29, 1.82) is 5.26 Å². The SMILES string of the molecule is N#Cc1ccccc1/C=C/c1c2ccccc2cc2ccccc12. The van der Waals surface area contributed by atoms with E-state index in [1.54, 1.807) is 0 Å². The average Bonchev–Trinajstić information content (AvgIpc) is 2.65. The molecule has 4 aromatic rings. The molecule has 0 aliphatic rings. The predicted octanol–water partition coefficient (Wildman–Crippen LogP) is 6.04. The summed E-state index contributed by atoms with van der Waals surface area (Å²) >= 11 is 0. The zero-order valence-electron chi connectivity index (χ0n) is 13.1. The first-order valence-corrected chi connectivity index (χ1v) is 7.94. The second kappa shape index (κ2) is 6.02. The predicted molar refractivity (Wildman–Crippen MR) is 102 cm³/mol. The van der Waals surface area contributed by atoms with Crippen LogP contribution in [0.5, 0.6) is 0 Å². The highest BCUT2D eigenvalue weighted by atomic mass is 14.2. The molecule has 0 spiro atoms. The minimum Gasteiger partial charge on any atom is -0.192 e. The van der Waals surface area contributed by atoms with Crippen LogP contribution in [0.3, 0.4) is 0 Å². The molecular weight excluding hydrogens is 290 g/mol. The number of hydrogen-bond donors (Lipinski definition) is 0. The van der Waals surface area contributed by atoms with E-state index < -0.39 is 0 Å². The zero-order valence-corrected chi connectivity index (χ0v) is 13.1. The fraction of sp³-hybridized carbons (Fsp3) is 0. The molecule has 0 saturated carbocycles. The molecule has 24 heavy (non-hydrogen) atoms. The lowest BCUT2D eigenvalue weighted by atomic mass is 9.96. The van der Waals surface area contributed by atoms with Gasteiger partial charge in [-0.2, -0.15) is 5.26 Å². The molecule has 0 aliphatic heterocycles. The molecule has 0 bridgehead atoms. The van der Waals surface area contributed by atoms with E-state index >= 15 is 0 Å². The van der Waals surface area contributed by atoms with Crippen LogP contribution in [-0.4, -0.2) is 0 Å². The molecule has 0 aromatic heterocycles. The summed E-state index contributed by atoms with van der Waals surface area (Å²) in [4.78, 5) is 0. The maximum absolute atomic E-state index is 9.28. The first-order valence-electron chi connectivity index (χ1n) is 7.94. The summed E-state index contributed by atoms with van der Waals surface area (Å²) in [6, 6.07) is 29.0. The molecule has 0 saturated heterocycles. The summed E-state index contributed by atoms with van der Waals surface area (Å²) in [5.74, 6) is 0. The van der Waals surface area contributed by atoms with E-state index in [0.717, 1.165) is 5.56 Å². The first-order chi connectivity index (χ1) is 11.9. The Morgan fingerprint density at radius 2 is 1.25 bits per heavy atom. The standard InChI is InChI=1S/C23H15N/c24-16-20-10-2-1-7-17(20)13-14-23-21-11-5-3-8-18(21)15-19-9-4-6-12-22(19)23/h1-15H/b14-13+. The molecule has 0 unspecified atom stereocenters. The topological polar surface area (TPSA) is 23.8 Å². The van der Waals surface area contributed by atoms with Gasteiger partial charge in [-0.15, -0.1) is 0 Å². The Hall–Kier alpha value is -3.37. The van der Waals surface area contributed by atoms with Crippen LogP contribution in [0.4, 0.5) is 0 Å². The lowest BCUT2D eigenvalue weighted by Crippen LogP contribution is -1.84. The van der Waals surface area contributed by atoms with Crippen LogP contribution < -0.4 is 0 Å². The van der Waals surface area contributed by atoms with E-state index in [2.05, 4.69) is 66.7 Å². The summed E-state index contributed by atoms with van der Waals surface area (Å²) < 4.78 is 0. The molecule has 0 radical (unpaired) electrons. The molecule has 0 fully saturated rings. The van der Waals surface area contributed by atoms with Crippen LogP contribution in [0.25, 0.3) is 33.7 Å². The lowest BCUT2D eigenvalue weighted by Gasteiger charge is -2.08. The summed E-state index contributed by atoms with van der Waals surface area (Å²) in [7, 11) is 0. The van der Waals surface area contributed by atoms with Gasteiger partial charge in [0.15, 0.2) is 0 Å². The summed E-state index contributed by atoms with van der Waals surface area (Å²) in [5, 5.41) is 14.2. The molecule has 0 N–H and O–H groups in total. The van der Waals surface area contributed by atoms with Crippen LogP contribution in [0.1, 0.15) is 16.7 Å². The minimum atomic E-state index is 0.693. The zero-order chi connectivity index (χ0) is 16.4. The molecule has 0 atom stereocenters. The number of fused-ring (bicyclic) bond motifs is 2. The number of rotatable bonds is 2. The van der Waals surface area contributed by atoms with E-state index in [1.807, 2.05) is 30.3 Å². The Morgan fingerprint density at radius 3 is 1.92 bits per heavy atom. The molecule has 112 valence electrons. The Morgan fingerprint density at radius 1 is 0.667 bits per heavy atom. The van der Waals surface area contributed by atoms with Crippen molar-refractivity contribution in [1.82, 2.24) is 0 Å². The second-order valence-corrected chi connectivity index (χ2v) is 5.76. The van der Waals surface area contributed by atoms with Crippen molar-refractivity contribution in [2.45, 2.75) is 0 Å². The van der Waals surface area contributed by atoms with Gasteiger partial charge in [-0.25, -0.2) is 0 Å². The monoisotopic (exact) mass is 305 g/mol. The molecule has 0 heterocycles. The normalized spacial score (nSPS) is 11.1. The van der Waals surface area contributed by atoms with E-state index in [4.69, 9.17) is 0 Å². The quantitative estimate of drug-likeness (QED) is 0.327. The van der Waals surface area contributed by atoms with Crippen molar-refractivity contribution in [3.63, 3.8) is 0 Å². The van der Waals surface area contributed by atoms with Gasteiger partial charge in [-0.3, -0.25) is 0 Å².